The van der Waals surface area contributed by atoms with E-state index in [9.17, 15) is 0 Å². The van der Waals surface area contributed by atoms with E-state index in [1.807, 2.05) is 17.7 Å². The highest BCUT2D eigenvalue weighted by Gasteiger charge is 1.90. The Morgan fingerprint density at radius 3 is 2.90 bits per heavy atom. The van der Waals surface area contributed by atoms with E-state index < -0.39 is 0 Å². The first-order valence-electron chi connectivity index (χ1n) is 2.76. The summed E-state index contributed by atoms with van der Waals surface area (Å²) in [6.45, 7) is 2.54. The summed E-state index contributed by atoms with van der Waals surface area (Å²) in [5, 5.41) is 0. The molecule has 0 radical (unpaired) electrons. The molecule has 0 saturated carbocycles. The maximum Gasteiger partial charge on any atom is 0.106 e. The van der Waals surface area contributed by atoms with E-state index in [0.717, 1.165) is 5.82 Å². The van der Waals surface area contributed by atoms with Crippen molar-refractivity contribution < 1.29 is 0 Å². The molecule has 0 saturated heterocycles. The molecule has 0 bridgehead atoms. The second-order valence-electron chi connectivity index (χ2n) is 1.81. The molecule has 0 aliphatic heterocycles. The fraction of sp³-hybridized carbons (Fsp3) is 0.286. The fourth-order valence-corrected chi connectivity index (χ4v) is 0.669. The standard InChI is InChI=1S/C7H8N2.ClH/c1-3-5-9-6-4-8-7(9)2;/h1,4,6H,5H2,2H3;1H. The summed E-state index contributed by atoms with van der Waals surface area (Å²) in [6, 6.07) is 0. The molecular formula is C7H9ClN2. The van der Waals surface area contributed by atoms with Crippen LogP contribution in [-0.2, 0) is 6.54 Å². The maximum atomic E-state index is 5.09. The number of aromatic nitrogens is 2. The van der Waals surface area contributed by atoms with Crippen LogP contribution in [0.5, 0.6) is 0 Å². The zero-order valence-corrected chi connectivity index (χ0v) is 6.56. The van der Waals surface area contributed by atoms with E-state index in [2.05, 4.69) is 10.9 Å². The van der Waals surface area contributed by atoms with Crippen LogP contribution in [-0.4, -0.2) is 9.55 Å². The van der Waals surface area contributed by atoms with Gasteiger partial charge >= 0.3 is 0 Å². The van der Waals surface area contributed by atoms with Crippen LogP contribution in [0.1, 0.15) is 5.82 Å². The number of hydrogen-bond acceptors (Lipinski definition) is 1. The van der Waals surface area contributed by atoms with Crippen LogP contribution in [0.4, 0.5) is 0 Å². The molecule has 0 fully saturated rings. The molecule has 3 heteroatoms. The van der Waals surface area contributed by atoms with Gasteiger partial charge in [0, 0.05) is 12.4 Å². The fourth-order valence-electron chi connectivity index (χ4n) is 0.669. The highest BCUT2D eigenvalue weighted by molar-refractivity contribution is 5.85. The van der Waals surface area contributed by atoms with Crippen molar-refractivity contribution >= 4 is 12.4 Å². The maximum absolute atomic E-state index is 5.09. The molecule has 0 aromatic carbocycles. The Morgan fingerprint density at radius 1 is 1.80 bits per heavy atom. The first-order valence-corrected chi connectivity index (χ1v) is 2.76. The van der Waals surface area contributed by atoms with E-state index in [4.69, 9.17) is 6.42 Å². The van der Waals surface area contributed by atoms with Gasteiger partial charge in [0.05, 0.1) is 6.54 Å². The van der Waals surface area contributed by atoms with Gasteiger partial charge in [-0.15, -0.1) is 18.8 Å². The summed E-state index contributed by atoms with van der Waals surface area (Å²) >= 11 is 0. The lowest BCUT2D eigenvalue weighted by atomic mass is 10.6. The molecule has 1 aromatic heterocycles. The van der Waals surface area contributed by atoms with Crippen LogP contribution < -0.4 is 0 Å². The van der Waals surface area contributed by atoms with E-state index >= 15 is 0 Å². The predicted octanol–water partition coefficient (Wildman–Crippen LogP) is 1.25. The van der Waals surface area contributed by atoms with Crippen LogP contribution in [0.3, 0.4) is 0 Å². The average molecular weight is 157 g/mol. The normalized spacial score (nSPS) is 8.00. The minimum Gasteiger partial charge on any atom is -0.324 e. The molecule has 2 nitrogen and oxygen atoms in total. The lowest BCUT2D eigenvalue weighted by molar-refractivity contribution is 0.797. The van der Waals surface area contributed by atoms with Gasteiger partial charge in [-0.3, -0.25) is 0 Å². The van der Waals surface area contributed by atoms with Gasteiger partial charge in [-0.25, -0.2) is 4.98 Å². The Morgan fingerprint density at radius 2 is 2.50 bits per heavy atom. The SMILES string of the molecule is C#CCn1ccnc1C.Cl. The third kappa shape index (κ3) is 1.78. The van der Waals surface area contributed by atoms with Crippen molar-refractivity contribution in [3.05, 3.63) is 18.2 Å². The third-order valence-electron chi connectivity index (χ3n) is 1.19. The molecule has 0 aliphatic rings. The summed E-state index contributed by atoms with van der Waals surface area (Å²) in [5.41, 5.74) is 0. The molecule has 0 atom stereocenters. The van der Waals surface area contributed by atoms with Gasteiger partial charge in [0.25, 0.3) is 0 Å². The predicted molar refractivity (Wildman–Crippen MR) is 43.0 cm³/mol. The first-order chi connectivity index (χ1) is 4.34. The molecule has 0 amide bonds. The molecule has 10 heavy (non-hydrogen) atoms. The molecule has 0 unspecified atom stereocenters. The zero-order valence-electron chi connectivity index (χ0n) is 5.74. The van der Waals surface area contributed by atoms with Crippen LogP contribution in [0.25, 0.3) is 0 Å². The molecule has 0 aliphatic carbocycles. The minimum atomic E-state index is 0. The second kappa shape index (κ2) is 3.97. The van der Waals surface area contributed by atoms with Gasteiger partial charge in [0.2, 0.25) is 0 Å². The minimum absolute atomic E-state index is 0. The number of halogens is 1. The van der Waals surface area contributed by atoms with Crippen LogP contribution in [0.15, 0.2) is 12.4 Å². The van der Waals surface area contributed by atoms with Gasteiger partial charge in [0.1, 0.15) is 5.82 Å². The van der Waals surface area contributed by atoms with Crippen LogP contribution >= 0.6 is 12.4 Å². The van der Waals surface area contributed by atoms with Gasteiger partial charge in [0.15, 0.2) is 0 Å². The first kappa shape index (κ1) is 9.06. The summed E-state index contributed by atoms with van der Waals surface area (Å²) in [4.78, 5) is 4.00. The Kier molecular flexibility index (Phi) is 3.60. The summed E-state index contributed by atoms with van der Waals surface area (Å²) in [6.07, 6.45) is 8.70. The van der Waals surface area contributed by atoms with E-state index in [-0.39, 0.29) is 12.4 Å². The van der Waals surface area contributed by atoms with Gasteiger partial charge in [-0.05, 0) is 6.92 Å². The van der Waals surface area contributed by atoms with Crippen molar-refractivity contribution in [1.82, 2.24) is 9.55 Å². The Balaban J connectivity index is 0.000000810. The molecule has 1 aromatic rings. The lowest BCUT2D eigenvalue weighted by Crippen LogP contribution is -1.95. The molecular weight excluding hydrogens is 148 g/mol. The largest absolute Gasteiger partial charge is 0.324 e. The number of hydrogen-bond donors (Lipinski definition) is 0. The number of nitrogens with zero attached hydrogens (tertiary/aromatic N) is 2. The number of terminal acetylenes is 1. The highest BCUT2D eigenvalue weighted by atomic mass is 35.5. The van der Waals surface area contributed by atoms with Crippen molar-refractivity contribution in [2.45, 2.75) is 13.5 Å². The quantitative estimate of drug-likeness (QED) is 0.560. The smallest absolute Gasteiger partial charge is 0.106 e. The van der Waals surface area contributed by atoms with Crippen molar-refractivity contribution in [3.63, 3.8) is 0 Å². The number of rotatable bonds is 1. The topological polar surface area (TPSA) is 17.8 Å². The Labute approximate surface area is 66.7 Å². The summed E-state index contributed by atoms with van der Waals surface area (Å²) in [5.74, 6) is 3.50. The van der Waals surface area contributed by atoms with E-state index in [1.54, 1.807) is 6.20 Å². The van der Waals surface area contributed by atoms with E-state index in [0.29, 0.717) is 6.54 Å². The Hall–Kier alpha value is -0.940. The van der Waals surface area contributed by atoms with Gasteiger partial charge < -0.3 is 4.57 Å². The van der Waals surface area contributed by atoms with E-state index in [1.165, 1.54) is 0 Å². The van der Waals surface area contributed by atoms with Crippen molar-refractivity contribution in [2.75, 3.05) is 0 Å². The zero-order chi connectivity index (χ0) is 6.69. The number of imidazole rings is 1. The molecule has 1 rings (SSSR count). The van der Waals surface area contributed by atoms with Crippen molar-refractivity contribution in [2.24, 2.45) is 0 Å². The summed E-state index contributed by atoms with van der Waals surface area (Å²) in [7, 11) is 0. The Bertz CT molecular complexity index is 234. The van der Waals surface area contributed by atoms with Gasteiger partial charge in [-0.2, -0.15) is 0 Å². The lowest BCUT2D eigenvalue weighted by Gasteiger charge is -1.94. The van der Waals surface area contributed by atoms with Crippen LogP contribution in [0.2, 0.25) is 0 Å². The third-order valence-corrected chi connectivity index (χ3v) is 1.19. The van der Waals surface area contributed by atoms with Crippen LogP contribution in [0, 0.1) is 19.3 Å². The highest BCUT2D eigenvalue weighted by Crippen LogP contribution is 1.92. The second-order valence-corrected chi connectivity index (χ2v) is 1.81. The average Bonchev–Trinajstić information content (AvgIpc) is 2.18. The summed E-state index contributed by atoms with van der Waals surface area (Å²) < 4.78 is 1.92. The molecule has 0 N–H and O–H groups in total. The monoisotopic (exact) mass is 156 g/mol. The molecule has 1 heterocycles. The van der Waals surface area contributed by atoms with Crippen molar-refractivity contribution in [1.29, 1.82) is 0 Å². The molecule has 0 spiro atoms. The van der Waals surface area contributed by atoms with Gasteiger partial charge in [-0.1, -0.05) is 5.92 Å². The van der Waals surface area contributed by atoms with Crippen molar-refractivity contribution in [3.8, 4) is 12.3 Å². The molecule has 54 valence electrons. The number of aryl methyl sites for hydroxylation is 1.